The molecule has 1 heterocycles. The van der Waals surface area contributed by atoms with Crippen LogP contribution in [-0.4, -0.2) is 4.98 Å². The van der Waals surface area contributed by atoms with E-state index in [1.807, 2.05) is 26.0 Å². The van der Waals surface area contributed by atoms with Crippen LogP contribution in [0.15, 0.2) is 22.8 Å². The molecule has 0 atom stereocenters. The topological polar surface area (TPSA) is 61.3 Å². The second-order valence-electron chi connectivity index (χ2n) is 3.78. The van der Waals surface area contributed by atoms with E-state index >= 15 is 0 Å². The van der Waals surface area contributed by atoms with Crippen LogP contribution in [0, 0.1) is 13.8 Å². The van der Waals surface area contributed by atoms with Crippen LogP contribution in [0.2, 0.25) is 5.02 Å². The van der Waals surface area contributed by atoms with Crippen molar-refractivity contribution >= 4 is 11.6 Å². The molecule has 0 aliphatic carbocycles. The predicted octanol–water partition coefficient (Wildman–Crippen LogP) is 3.20. The van der Waals surface area contributed by atoms with Crippen molar-refractivity contribution in [2.75, 3.05) is 0 Å². The number of hydrogen-bond donors (Lipinski definition) is 1. The van der Waals surface area contributed by atoms with E-state index in [0.29, 0.717) is 18.0 Å². The standard InChI is InChI=1S/C12H13ClN2O2/c1-7-3-10(4-8(2)11(7)13)17-12-15-9(5-14)6-16-12/h3-4,6H,5,14H2,1-2H3. The molecular weight excluding hydrogens is 240 g/mol. The van der Waals surface area contributed by atoms with Gasteiger partial charge < -0.3 is 14.9 Å². The first-order chi connectivity index (χ1) is 8.10. The van der Waals surface area contributed by atoms with Crippen LogP contribution >= 0.6 is 11.6 Å². The Morgan fingerprint density at radius 1 is 1.35 bits per heavy atom. The Labute approximate surface area is 104 Å². The molecule has 0 saturated heterocycles. The molecule has 2 N–H and O–H groups in total. The third-order valence-corrected chi connectivity index (χ3v) is 2.95. The van der Waals surface area contributed by atoms with Gasteiger partial charge in [-0.1, -0.05) is 11.6 Å². The Kier molecular flexibility index (Phi) is 3.36. The maximum atomic E-state index is 6.07. The maximum Gasteiger partial charge on any atom is 0.399 e. The number of halogens is 1. The first kappa shape index (κ1) is 12.0. The lowest BCUT2D eigenvalue weighted by molar-refractivity contribution is 0.330. The monoisotopic (exact) mass is 252 g/mol. The van der Waals surface area contributed by atoms with Crippen molar-refractivity contribution in [1.29, 1.82) is 0 Å². The Hall–Kier alpha value is -1.52. The Bertz CT molecular complexity index is 514. The van der Waals surface area contributed by atoms with Crippen molar-refractivity contribution in [2.45, 2.75) is 20.4 Å². The number of benzene rings is 1. The summed E-state index contributed by atoms with van der Waals surface area (Å²) >= 11 is 6.07. The van der Waals surface area contributed by atoms with Gasteiger partial charge in [0.15, 0.2) is 0 Å². The summed E-state index contributed by atoms with van der Waals surface area (Å²) in [6.45, 7) is 4.16. The SMILES string of the molecule is Cc1cc(Oc2nc(CN)co2)cc(C)c1Cl. The van der Waals surface area contributed by atoms with Crippen LogP contribution in [0.3, 0.4) is 0 Å². The lowest BCUT2D eigenvalue weighted by atomic mass is 10.1. The van der Waals surface area contributed by atoms with Gasteiger partial charge in [-0.15, -0.1) is 0 Å². The molecule has 0 radical (unpaired) electrons. The molecular formula is C12H13ClN2O2. The molecule has 2 rings (SSSR count). The number of oxazole rings is 1. The van der Waals surface area contributed by atoms with E-state index in [-0.39, 0.29) is 6.08 Å². The van der Waals surface area contributed by atoms with Gasteiger partial charge in [0.25, 0.3) is 0 Å². The number of nitrogens with two attached hydrogens (primary N) is 1. The smallest absolute Gasteiger partial charge is 0.399 e. The number of aryl methyl sites for hydroxylation is 2. The molecule has 0 fully saturated rings. The Morgan fingerprint density at radius 3 is 2.53 bits per heavy atom. The zero-order valence-electron chi connectivity index (χ0n) is 9.66. The van der Waals surface area contributed by atoms with Gasteiger partial charge in [-0.2, -0.15) is 4.98 Å². The van der Waals surface area contributed by atoms with Crippen LogP contribution in [0.5, 0.6) is 11.8 Å². The molecule has 90 valence electrons. The number of aromatic nitrogens is 1. The van der Waals surface area contributed by atoms with Gasteiger partial charge in [0.2, 0.25) is 0 Å². The zero-order chi connectivity index (χ0) is 12.4. The highest BCUT2D eigenvalue weighted by Gasteiger charge is 2.08. The van der Waals surface area contributed by atoms with Crippen molar-refractivity contribution < 1.29 is 9.15 Å². The van der Waals surface area contributed by atoms with Gasteiger partial charge in [0.1, 0.15) is 12.0 Å². The molecule has 0 aliphatic rings. The molecule has 0 amide bonds. The van der Waals surface area contributed by atoms with Crippen molar-refractivity contribution in [3.8, 4) is 11.8 Å². The van der Waals surface area contributed by atoms with Crippen molar-refractivity contribution in [1.82, 2.24) is 4.98 Å². The van der Waals surface area contributed by atoms with Gasteiger partial charge in [0.05, 0.1) is 5.69 Å². The number of nitrogens with zero attached hydrogens (tertiary/aromatic N) is 1. The van der Waals surface area contributed by atoms with Crippen LogP contribution in [-0.2, 0) is 6.54 Å². The summed E-state index contributed by atoms with van der Waals surface area (Å²) in [5.41, 5.74) is 7.99. The van der Waals surface area contributed by atoms with Crippen LogP contribution in [0.4, 0.5) is 0 Å². The molecule has 0 unspecified atom stereocenters. The summed E-state index contributed by atoms with van der Waals surface area (Å²) < 4.78 is 10.6. The zero-order valence-corrected chi connectivity index (χ0v) is 10.4. The third-order valence-electron chi connectivity index (χ3n) is 2.35. The lowest BCUT2D eigenvalue weighted by Crippen LogP contribution is -1.96. The molecule has 0 saturated carbocycles. The summed E-state index contributed by atoms with van der Waals surface area (Å²) in [7, 11) is 0. The summed E-state index contributed by atoms with van der Waals surface area (Å²) in [4.78, 5) is 4.06. The van der Waals surface area contributed by atoms with Crippen molar-refractivity contribution in [2.24, 2.45) is 5.73 Å². The molecule has 1 aromatic carbocycles. The first-order valence-corrected chi connectivity index (χ1v) is 5.57. The highest BCUT2D eigenvalue weighted by molar-refractivity contribution is 6.32. The Balaban J connectivity index is 2.24. The normalized spacial score (nSPS) is 10.6. The molecule has 4 nitrogen and oxygen atoms in total. The van der Waals surface area contributed by atoms with Gasteiger partial charge in [-0.3, -0.25) is 0 Å². The van der Waals surface area contributed by atoms with E-state index in [1.54, 1.807) is 0 Å². The van der Waals surface area contributed by atoms with Crippen LogP contribution in [0.25, 0.3) is 0 Å². The number of rotatable bonds is 3. The van der Waals surface area contributed by atoms with E-state index < -0.39 is 0 Å². The minimum atomic E-state index is 0.187. The van der Waals surface area contributed by atoms with Gasteiger partial charge in [-0.05, 0) is 37.1 Å². The highest BCUT2D eigenvalue weighted by atomic mass is 35.5. The summed E-state index contributed by atoms with van der Waals surface area (Å²) in [5, 5.41) is 0.743. The van der Waals surface area contributed by atoms with Gasteiger partial charge in [0, 0.05) is 11.6 Å². The van der Waals surface area contributed by atoms with E-state index in [2.05, 4.69) is 4.98 Å². The first-order valence-electron chi connectivity index (χ1n) is 5.19. The summed E-state index contributed by atoms with van der Waals surface area (Å²) in [6, 6.07) is 3.67. The summed E-state index contributed by atoms with van der Waals surface area (Å²) in [5.74, 6) is 0.648. The van der Waals surface area contributed by atoms with Crippen molar-refractivity contribution in [3.05, 3.63) is 40.2 Å². The second kappa shape index (κ2) is 4.77. The minimum Gasteiger partial charge on any atom is -0.417 e. The van der Waals surface area contributed by atoms with Crippen LogP contribution < -0.4 is 10.5 Å². The Morgan fingerprint density at radius 2 is 2.00 bits per heavy atom. The van der Waals surface area contributed by atoms with E-state index in [4.69, 9.17) is 26.5 Å². The average Bonchev–Trinajstić information content (AvgIpc) is 2.73. The maximum absolute atomic E-state index is 6.07. The fourth-order valence-electron chi connectivity index (χ4n) is 1.49. The lowest BCUT2D eigenvalue weighted by Gasteiger charge is -2.06. The second-order valence-corrected chi connectivity index (χ2v) is 4.16. The van der Waals surface area contributed by atoms with Gasteiger partial charge in [-0.25, -0.2) is 0 Å². The molecule has 2 aromatic rings. The fourth-order valence-corrected chi connectivity index (χ4v) is 1.60. The molecule has 17 heavy (non-hydrogen) atoms. The van der Waals surface area contributed by atoms with E-state index in [0.717, 1.165) is 16.1 Å². The highest BCUT2D eigenvalue weighted by Crippen LogP contribution is 2.28. The van der Waals surface area contributed by atoms with Gasteiger partial charge >= 0.3 is 6.08 Å². The number of ether oxygens (including phenoxy) is 1. The molecule has 0 bridgehead atoms. The fraction of sp³-hybridized carbons (Fsp3) is 0.250. The molecule has 0 aliphatic heterocycles. The third kappa shape index (κ3) is 2.60. The van der Waals surface area contributed by atoms with Crippen LogP contribution in [0.1, 0.15) is 16.8 Å². The molecule has 5 heteroatoms. The molecule has 1 aromatic heterocycles. The summed E-state index contributed by atoms with van der Waals surface area (Å²) in [6.07, 6.45) is 1.66. The largest absolute Gasteiger partial charge is 0.417 e. The minimum absolute atomic E-state index is 0.187. The number of hydrogen-bond acceptors (Lipinski definition) is 4. The van der Waals surface area contributed by atoms with E-state index in [9.17, 15) is 0 Å². The van der Waals surface area contributed by atoms with E-state index in [1.165, 1.54) is 6.26 Å². The average molecular weight is 253 g/mol. The quantitative estimate of drug-likeness (QED) is 0.911. The van der Waals surface area contributed by atoms with Crippen molar-refractivity contribution in [3.63, 3.8) is 0 Å². The molecule has 0 spiro atoms. The predicted molar refractivity (Wildman–Crippen MR) is 65.4 cm³/mol.